The summed E-state index contributed by atoms with van der Waals surface area (Å²) in [4.78, 5) is 28.2. The average Bonchev–Trinajstić information content (AvgIpc) is 3.41. The number of ketones is 2. The molecule has 9 aliphatic rings. The van der Waals surface area contributed by atoms with E-state index in [1.54, 1.807) is 0 Å². The second-order valence-electron chi connectivity index (χ2n) is 13.2. The van der Waals surface area contributed by atoms with Crippen LogP contribution in [0.2, 0.25) is 0 Å². The van der Waals surface area contributed by atoms with Crippen LogP contribution < -0.4 is 0 Å². The highest BCUT2D eigenvalue weighted by atomic mass is 16.6. The number of carbonyl (C=O) groups excluding carboxylic acids is 2. The first-order valence-electron chi connectivity index (χ1n) is 14.0. The SMILES string of the molecule is CC12CCCC[C@]13O[C@H](C2=O)C31c2ccccc2C2(c3ccccc31)[C@@H]1O[C@]23CCCCC3(C)C1=O. The summed E-state index contributed by atoms with van der Waals surface area (Å²) in [6.45, 7) is 4.35. The van der Waals surface area contributed by atoms with Crippen molar-refractivity contribution in [1.82, 2.24) is 0 Å². The lowest BCUT2D eigenvalue weighted by Crippen LogP contribution is -2.77. The number of carbonyl (C=O) groups is 2. The molecule has 5 aliphatic carbocycles. The van der Waals surface area contributed by atoms with Gasteiger partial charge < -0.3 is 9.47 Å². The number of Topliss-reactive ketones (excluding diaryl/α,β-unsaturated/α-hetero) is 2. The van der Waals surface area contributed by atoms with E-state index in [1.807, 2.05) is 0 Å². The molecule has 36 heavy (non-hydrogen) atoms. The minimum atomic E-state index is -0.519. The molecular weight excluding hydrogens is 448 g/mol. The third-order valence-corrected chi connectivity index (χ3v) is 12.5. The maximum absolute atomic E-state index is 14.1. The number of benzene rings is 2. The molecular formula is C32H32O4. The van der Waals surface area contributed by atoms with Gasteiger partial charge in [0.2, 0.25) is 0 Å². The molecule has 4 saturated heterocycles. The summed E-state index contributed by atoms with van der Waals surface area (Å²) in [7, 11) is 0. The lowest BCUT2D eigenvalue weighted by atomic mass is 9.42. The van der Waals surface area contributed by atoms with Crippen LogP contribution in [0.25, 0.3) is 0 Å². The average molecular weight is 481 g/mol. The van der Waals surface area contributed by atoms with E-state index in [-0.39, 0.29) is 11.6 Å². The van der Waals surface area contributed by atoms with E-state index >= 15 is 0 Å². The van der Waals surface area contributed by atoms with Crippen LogP contribution in [0.15, 0.2) is 48.5 Å². The maximum atomic E-state index is 14.1. The van der Waals surface area contributed by atoms with Crippen molar-refractivity contribution in [3.05, 3.63) is 70.8 Å². The van der Waals surface area contributed by atoms with Crippen LogP contribution >= 0.6 is 0 Å². The first kappa shape index (κ1) is 20.7. The summed E-state index contributed by atoms with van der Waals surface area (Å²) < 4.78 is 13.5. The van der Waals surface area contributed by atoms with Crippen molar-refractivity contribution in [1.29, 1.82) is 0 Å². The third kappa shape index (κ3) is 1.53. The molecule has 0 radical (unpaired) electrons. The summed E-state index contributed by atoms with van der Waals surface area (Å²) in [5, 5.41) is 0. The molecule has 11 rings (SSSR count). The Balaban J connectivity index is 1.42. The highest BCUT2D eigenvalue weighted by molar-refractivity contribution is 6.04. The van der Waals surface area contributed by atoms with Crippen LogP contribution in [0.4, 0.5) is 0 Å². The molecule has 184 valence electrons. The van der Waals surface area contributed by atoms with Gasteiger partial charge in [-0.3, -0.25) is 9.59 Å². The van der Waals surface area contributed by atoms with Gasteiger partial charge in [0.05, 0.1) is 32.9 Å². The molecule has 2 aromatic carbocycles. The minimum absolute atomic E-state index is 0.285. The van der Waals surface area contributed by atoms with Crippen LogP contribution in [0, 0.1) is 10.8 Å². The highest BCUT2D eigenvalue weighted by Crippen LogP contribution is 2.81. The Morgan fingerprint density at radius 2 is 0.917 bits per heavy atom. The molecule has 4 heterocycles. The zero-order valence-electron chi connectivity index (χ0n) is 21.1. The fourth-order valence-corrected chi connectivity index (χ4v) is 11.2. The summed E-state index contributed by atoms with van der Waals surface area (Å²) in [5.41, 5.74) is 1.97. The van der Waals surface area contributed by atoms with Crippen LogP contribution in [0.5, 0.6) is 0 Å². The summed E-state index contributed by atoms with van der Waals surface area (Å²) in [5.74, 6) is 0.569. The zero-order chi connectivity index (χ0) is 24.3. The van der Waals surface area contributed by atoms with E-state index in [4.69, 9.17) is 9.47 Å². The number of hydrogen-bond acceptors (Lipinski definition) is 4. The van der Waals surface area contributed by atoms with Gasteiger partial charge >= 0.3 is 0 Å². The van der Waals surface area contributed by atoms with E-state index < -0.39 is 45.1 Å². The lowest BCUT2D eigenvalue weighted by molar-refractivity contribution is -0.270. The normalized spacial score (nSPS) is 50.7. The lowest BCUT2D eigenvalue weighted by Gasteiger charge is -2.70. The van der Waals surface area contributed by atoms with Crippen molar-refractivity contribution < 1.29 is 19.1 Å². The number of ether oxygens (including phenoxy) is 2. The first-order valence-corrected chi connectivity index (χ1v) is 14.0. The van der Waals surface area contributed by atoms with Gasteiger partial charge in [-0.05, 0) is 61.8 Å². The zero-order valence-corrected chi connectivity index (χ0v) is 21.1. The molecule has 4 nitrogen and oxygen atoms in total. The van der Waals surface area contributed by atoms with E-state index in [0.29, 0.717) is 0 Å². The molecule has 4 aliphatic heterocycles. The molecule has 4 bridgehead atoms. The van der Waals surface area contributed by atoms with Crippen LogP contribution in [0.3, 0.4) is 0 Å². The van der Waals surface area contributed by atoms with Crippen molar-refractivity contribution in [3.8, 4) is 0 Å². The molecule has 0 N–H and O–H groups in total. The molecule has 6 atom stereocenters. The van der Waals surface area contributed by atoms with Gasteiger partial charge in [0.1, 0.15) is 12.2 Å². The minimum Gasteiger partial charge on any atom is -0.360 e. The monoisotopic (exact) mass is 480 g/mol. The highest BCUT2D eigenvalue weighted by Gasteiger charge is 2.91. The van der Waals surface area contributed by atoms with Crippen molar-refractivity contribution in [3.63, 3.8) is 0 Å². The summed E-state index contributed by atoms with van der Waals surface area (Å²) in [6.07, 6.45) is 7.02. The Hall–Kier alpha value is -2.30. The molecule has 0 amide bonds. The van der Waals surface area contributed by atoms with Crippen molar-refractivity contribution in [2.45, 2.75) is 99.5 Å². The quantitative estimate of drug-likeness (QED) is 0.522. The van der Waals surface area contributed by atoms with Crippen LogP contribution in [0.1, 0.15) is 87.5 Å². The largest absolute Gasteiger partial charge is 0.360 e. The topological polar surface area (TPSA) is 52.6 Å². The third-order valence-electron chi connectivity index (χ3n) is 12.5. The Kier molecular flexibility index (Phi) is 3.30. The van der Waals surface area contributed by atoms with Crippen molar-refractivity contribution in [2.24, 2.45) is 10.8 Å². The standard InChI is InChI=1S/C32H32O4/c1-27-15-7-9-17-29(27)31(25(35-29)23(27)33)19-11-3-5-13-21(19)32(22-14-6-4-12-20(22)31)26-24(34)28(2)16-8-10-18-30(28,32)36-26/h3-6,11-14,25-26H,7-10,15-18H2,1-2H3/t25-,26-,27?,28?,29+,30+,31?,32?/m1/s1. The Bertz CT molecular complexity index is 1270. The smallest absolute Gasteiger partial charge is 0.171 e. The number of rotatable bonds is 0. The molecule has 4 heteroatoms. The van der Waals surface area contributed by atoms with E-state index in [2.05, 4.69) is 62.4 Å². The molecule has 4 spiro atoms. The summed E-state index contributed by atoms with van der Waals surface area (Å²) >= 11 is 0. The molecule has 2 unspecified atom stereocenters. The van der Waals surface area contributed by atoms with Gasteiger partial charge in [0.25, 0.3) is 0 Å². The Morgan fingerprint density at radius 1 is 0.583 bits per heavy atom. The van der Waals surface area contributed by atoms with E-state index in [9.17, 15) is 9.59 Å². The van der Waals surface area contributed by atoms with Gasteiger partial charge in [0.15, 0.2) is 11.6 Å². The summed E-state index contributed by atoms with van der Waals surface area (Å²) in [6, 6.07) is 17.6. The van der Waals surface area contributed by atoms with Gasteiger partial charge in [0, 0.05) is 0 Å². The second-order valence-corrected chi connectivity index (χ2v) is 13.2. The van der Waals surface area contributed by atoms with E-state index in [1.165, 1.54) is 22.3 Å². The maximum Gasteiger partial charge on any atom is 0.171 e. The molecule has 0 aromatic heterocycles. The van der Waals surface area contributed by atoms with E-state index in [0.717, 1.165) is 51.4 Å². The Labute approximate surface area is 211 Å². The number of fused-ring (bicyclic) bond motifs is 2. The first-order chi connectivity index (χ1) is 17.4. The fourth-order valence-electron chi connectivity index (χ4n) is 11.2. The van der Waals surface area contributed by atoms with Crippen molar-refractivity contribution in [2.75, 3.05) is 0 Å². The molecule has 8 fully saturated rings. The predicted octanol–water partition coefficient (Wildman–Crippen LogP) is 5.17. The second kappa shape index (κ2) is 5.73. The Morgan fingerprint density at radius 3 is 1.28 bits per heavy atom. The predicted molar refractivity (Wildman–Crippen MR) is 133 cm³/mol. The van der Waals surface area contributed by atoms with Gasteiger partial charge in [-0.15, -0.1) is 0 Å². The molecule has 2 aromatic rings. The van der Waals surface area contributed by atoms with Crippen LogP contribution in [-0.2, 0) is 29.9 Å². The molecule has 4 saturated carbocycles. The van der Waals surface area contributed by atoms with Gasteiger partial charge in [-0.1, -0.05) is 74.2 Å². The fraction of sp³-hybridized carbons (Fsp3) is 0.562. The van der Waals surface area contributed by atoms with Gasteiger partial charge in [-0.2, -0.15) is 0 Å². The van der Waals surface area contributed by atoms with Gasteiger partial charge in [-0.25, -0.2) is 0 Å². The van der Waals surface area contributed by atoms with Crippen LogP contribution in [-0.4, -0.2) is 35.0 Å². The van der Waals surface area contributed by atoms with Crippen molar-refractivity contribution >= 4 is 11.6 Å². The number of hydrogen-bond donors (Lipinski definition) is 0.